The van der Waals surface area contributed by atoms with Gasteiger partial charge < -0.3 is 19.5 Å². The second-order valence-electron chi connectivity index (χ2n) is 7.13. The third-order valence-corrected chi connectivity index (χ3v) is 5.37. The van der Waals surface area contributed by atoms with Crippen molar-refractivity contribution in [3.05, 3.63) is 52.1 Å². The number of ether oxygens (including phenoxy) is 3. The molecule has 0 atom stereocenters. The van der Waals surface area contributed by atoms with E-state index in [-0.39, 0.29) is 10.6 Å². The Balaban J connectivity index is 1.97. The highest BCUT2D eigenvalue weighted by Crippen LogP contribution is 2.43. The molecule has 1 aromatic heterocycles. The molecule has 0 amide bonds. The summed E-state index contributed by atoms with van der Waals surface area (Å²) in [4.78, 5) is 11.3. The first kappa shape index (κ1) is 20.5. The predicted molar refractivity (Wildman–Crippen MR) is 117 cm³/mol. The first-order valence-corrected chi connectivity index (χ1v) is 9.99. The average Bonchev–Trinajstić information content (AvgIpc) is 2.98. The van der Waals surface area contributed by atoms with Crippen molar-refractivity contribution in [1.29, 1.82) is 0 Å². The number of fused-ring (bicyclic) bond motifs is 1. The largest absolute Gasteiger partial charge is 0.493 e. The topological polar surface area (TPSA) is 101 Å². The second kappa shape index (κ2) is 8.55. The molecule has 0 fully saturated rings. The van der Waals surface area contributed by atoms with Gasteiger partial charge >= 0.3 is 0 Å². The van der Waals surface area contributed by atoms with Crippen LogP contribution in [0.1, 0.15) is 18.4 Å². The van der Waals surface area contributed by atoms with Gasteiger partial charge in [0.15, 0.2) is 11.5 Å². The molecule has 0 spiro atoms. The minimum Gasteiger partial charge on any atom is -0.493 e. The van der Waals surface area contributed by atoms with Gasteiger partial charge in [-0.2, -0.15) is 5.10 Å². The zero-order valence-corrected chi connectivity index (χ0v) is 17.7. The molecule has 0 unspecified atom stereocenters. The third kappa shape index (κ3) is 3.63. The molecule has 9 nitrogen and oxygen atoms in total. The van der Waals surface area contributed by atoms with E-state index in [4.69, 9.17) is 19.3 Å². The molecule has 0 saturated carbocycles. The van der Waals surface area contributed by atoms with Crippen LogP contribution in [0.2, 0.25) is 0 Å². The average molecular weight is 424 g/mol. The van der Waals surface area contributed by atoms with Gasteiger partial charge in [0.1, 0.15) is 11.5 Å². The Morgan fingerprint density at radius 3 is 2.42 bits per heavy atom. The second-order valence-corrected chi connectivity index (χ2v) is 7.13. The Bertz CT molecular complexity index is 1100. The molecule has 9 heteroatoms. The van der Waals surface area contributed by atoms with Crippen LogP contribution >= 0.6 is 0 Å². The first-order chi connectivity index (χ1) is 15.1. The number of hydrogen-bond donors (Lipinski definition) is 1. The molecule has 3 aromatic rings. The first-order valence-electron chi connectivity index (χ1n) is 9.99. The number of para-hydroxylation sites is 2. The van der Waals surface area contributed by atoms with Gasteiger partial charge in [-0.15, -0.1) is 0 Å². The number of nitrogens with zero attached hydrogens (tertiary/aromatic N) is 3. The molecule has 0 radical (unpaired) electrons. The molecule has 1 aliphatic heterocycles. The van der Waals surface area contributed by atoms with Crippen LogP contribution in [0.5, 0.6) is 17.2 Å². The van der Waals surface area contributed by atoms with Crippen LogP contribution in [0.3, 0.4) is 0 Å². The van der Waals surface area contributed by atoms with Gasteiger partial charge in [-0.1, -0.05) is 12.1 Å². The summed E-state index contributed by atoms with van der Waals surface area (Å²) >= 11 is 0. The van der Waals surface area contributed by atoms with Gasteiger partial charge in [0.2, 0.25) is 5.75 Å². The highest BCUT2D eigenvalue weighted by Gasteiger charge is 2.26. The van der Waals surface area contributed by atoms with Gasteiger partial charge in [-0.25, -0.2) is 4.68 Å². The van der Waals surface area contributed by atoms with Gasteiger partial charge in [-0.3, -0.25) is 10.1 Å². The Kier molecular flexibility index (Phi) is 5.66. The lowest BCUT2D eigenvalue weighted by Crippen LogP contribution is -2.08. The molecule has 1 N–H and O–H groups in total. The summed E-state index contributed by atoms with van der Waals surface area (Å²) in [6, 6.07) is 10.3. The highest BCUT2D eigenvalue weighted by molar-refractivity contribution is 5.76. The number of aromatic nitrogens is 2. The summed E-state index contributed by atoms with van der Waals surface area (Å²) in [7, 11) is 4.68. The number of nitrogens with one attached hydrogen (secondary N) is 1. The Morgan fingerprint density at radius 2 is 1.77 bits per heavy atom. The van der Waals surface area contributed by atoms with Crippen molar-refractivity contribution in [1.82, 2.24) is 9.78 Å². The van der Waals surface area contributed by atoms with Crippen LogP contribution in [0.25, 0.3) is 16.9 Å². The Morgan fingerprint density at radius 1 is 1.06 bits per heavy atom. The molecule has 31 heavy (non-hydrogen) atoms. The minimum atomic E-state index is -0.390. The van der Waals surface area contributed by atoms with Crippen molar-refractivity contribution in [3.63, 3.8) is 0 Å². The SMILES string of the molecule is COc1cc(-c2nn(-c3ccccc3[N+](=O)[O-])c3c2CCCCN3)cc(OC)c1OC. The van der Waals surface area contributed by atoms with Crippen LogP contribution in [-0.2, 0) is 6.42 Å². The monoisotopic (exact) mass is 424 g/mol. The summed E-state index contributed by atoms with van der Waals surface area (Å²) < 4.78 is 18.1. The fourth-order valence-electron chi connectivity index (χ4n) is 3.92. The van der Waals surface area contributed by atoms with Crippen molar-refractivity contribution in [2.24, 2.45) is 0 Å². The van der Waals surface area contributed by atoms with Crippen molar-refractivity contribution >= 4 is 11.5 Å². The quantitative estimate of drug-likeness (QED) is 0.467. The lowest BCUT2D eigenvalue weighted by atomic mass is 10.0. The van der Waals surface area contributed by atoms with Crippen LogP contribution in [0.15, 0.2) is 36.4 Å². The number of rotatable bonds is 6. The zero-order chi connectivity index (χ0) is 22.0. The maximum Gasteiger partial charge on any atom is 0.294 e. The summed E-state index contributed by atoms with van der Waals surface area (Å²) in [5, 5.41) is 19.9. The minimum absolute atomic E-state index is 0.00436. The van der Waals surface area contributed by atoms with E-state index in [1.807, 2.05) is 12.1 Å². The molecular formula is C22H24N4O5. The van der Waals surface area contributed by atoms with Gasteiger partial charge in [0.25, 0.3) is 5.69 Å². The van der Waals surface area contributed by atoms with Crippen LogP contribution in [0.4, 0.5) is 11.5 Å². The van der Waals surface area contributed by atoms with Gasteiger partial charge in [0, 0.05) is 23.7 Å². The van der Waals surface area contributed by atoms with E-state index in [1.165, 1.54) is 6.07 Å². The fourth-order valence-corrected chi connectivity index (χ4v) is 3.92. The van der Waals surface area contributed by atoms with Crippen molar-refractivity contribution in [2.75, 3.05) is 33.2 Å². The lowest BCUT2D eigenvalue weighted by Gasteiger charge is -2.14. The maximum absolute atomic E-state index is 11.6. The van der Waals surface area contributed by atoms with Crippen LogP contribution < -0.4 is 19.5 Å². The molecule has 162 valence electrons. The van der Waals surface area contributed by atoms with E-state index in [0.29, 0.717) is 22.9 Å². The molecule has 0 saturated heterocycles. The van der Waals surface area contributed by atoms with Crippen molar-refractivity contribution in [2.45, 2.75) is 19.3 Å². The molecule has 2 aromatic carbocycles. The van der Waals surface area contributed by atoms with E-state index in [0.717, 1.165) is 48.4 Å². The predicted octanol–water partition coefficient (Wildman–Crippen LogP) is 4.22. The number of nitro benzene ring substituents is 1. The van der Waals surface area contributed by atoms with E-state index < -0.39 is 0 Å². The standard InChI is InChI=1S/C22H24N4O5/c1-29-18-12-14(13-19(30-2)21(18)31-3)20-15-8-6-7-11-23-22(15)25(24-20)16-9-4-5-10-17(16)26(27)28/h4-5,9-10,12-13,23H,6-8,11H2,1-3H3. The molecule has 4 rings (SSSR count). The van der Waals surface area contributed by atoms with Gasteiger partial charge in [-0.05, 0) is 37.5 Å². The summed E-state index contributed by atoms with van der Waals surface area (Å²) in [5.74, 6) is 2.31. The maximum atomic E-state index is 11.6. The van der Waals surface area contributed by atoms with E-state index in [9.17, 15) is 10.1 Å². The van der Waals surface area contributed by atoms with Crippen LogP contribution in [-0.4, -0.2) is 42.6 Å². The summed E-state index contributed by atoms with van der Waals surface area (Å²) in [6.45, 7) is 0.772. The smallest absolute Gasteiger partial charge is 0.294 e. The van der Waals surface area contributed by atoms with Crippen molar-refractivity contribution in [3.8, 4) is 34.2 Å². The van der Waals surface area contributed by atoms with Crippen LogP contribution in [0, 0.1) is 10.1 Å². The third-order valence-electron chi connectivity index (χ3n) is 5.37. The Hall–Kier alpha value is -3.75. The molecule has 2 heterocycles. The zero-order valence-electron chi connectivity index (χ0n) is 17.7. The fraction of sp³-hybridized carbons (Fsp3) is 0.318. The van der Waals surface area contributed by atoms with Crippen molar-refractivity contribution < 1.29 is 19.1 Å². The number of methoxy groups -OCH3 is 3. The normalized spacial score (nSPS) is 13.0. The summed E-state index contributed by atoms with van der Waals surface area (Å²) in [5.41, 5.74) is 2.92. The van der Waals surface area contributed by atoms with Gasteiger partial charge in [0.05, 0.1) is 31.9 Å². The number of benzene rings is 2. The van der Waals surface area contributed by atoms with E-state index in [2.05, 4.69) is 5.32 Å². The summed E-state index contributed by atoms with van der Waals surface area (Å²) in [6.07, 6.45) is 2.79. The van der Waals surface area contributed by atoms with E-state index in [1.54, 1.807) is 44.2 Å². The number of nitro groups is 1. The lowest BCUT2D eigenvalue weighted by molar-refractivity contribution is -0.384. The molecule has 1 aliphatic rings. The Labute approximate surface area is 179 Å². The number of anilines is 1. The number of hydrogen-bond acceptors (Lipinski definition) is 7. The highest BCUT2D eigenvalue weighted by atomic mass is 16.6. The molecule has 0 aliphatic carbocycles. The molecule has 0 bridgehead atoms. The molecular weight excluding hydrogens is 400 g/mol. The van der Waals surface area contributed by atoms with E-state index >= 15 is 0 Å².